The van der Waals surface area contributed by atoms with Crippen molar-refractivity contribution in [2.75, 3.05) is 0 Å². The molecule has 0 amide bonds. The Bertz CT molecular complexity index is 620. The lowest BCUT2D eigenvalue weighted by molar-refractivity contribution is 0.849. The van der Waals surface area contributed by atoms with Gasteiger partial charge in [-0.15, -0.1) is 0 Å². The highest BCUT2D eigenvalue weighted by Gasteiger charge is 2.15. The van der Waals surface area contributed by atoms with Gasteiger partial charge in [-0.1, -0.05) is 44.0 Å². The number of rotatable bonds is 2. The Kier molecular flexibility index (Phi) is 4.49. The zero-order chi connectivity index (χ0) is 14.2. The Morgan fingerprint density at radius 3 is 2.11 bits per heavy atom. The van der Waals surface area contributed by atoms with Crippen LogP contribution in [0.4, 0.5) is 0 Å². The molecule has 2 aromatic carbocycles. The maximum absolute atomic E-state index is 6.46. The van der Waals surface area contributed by atoms with E-state index in [1.165, 1.54) is 27.8 Å². The van der Waals surface area contributed by atoms with Crippen molar-refractivity contribution in [3.8, 4) is 0 Å². The van der Waals surface area contributed by atoms with Crippen LogP contribution in [-0.4, -0.2) is 0 Å². The molecule has 0 radical (unpaired) electrons. The summed E-state index contributed by atoms with van der Waals surface area (Å²) in [6.45, 7) is 6.29. The van der Waals surface area contributed by atoms with Gasteiger partial charge < -0.3 is 5.73 Å². The fraction of sp³-hybridized carbons (Fsp3) is 0.250. The number of hydrogen-bond acceptors (Lipinski definition) is 1. The first-order valence-electron chi connectivity index (χ1n) is 6.18. The van der Waals surface area contributed by atoms with Crippen molar-refractivity contribution in [3.05, 3.63) is 67.1 Å². The molecule has 0 saturated heterocycles. The van der Waals surface area contributed by atoms with Gasteiger partial charge in [0.15, 0.2) is 0 Å². The SMILES string of the molecule is Cc1cc(C(N)c2ccc(Br)cc2C)c(C)cc1Br. The second-order valence-electron chi connectivity index (χ2n) is 4.94. The Morgan fingerprint density at radius 1 is 0.842 bits per heavy atom. The second-order valence-corrected chi connectivity index (χ2v) is 6.71. The first-order valence-corrected chi connectivity index (χ1v) is 7.77. The second kappa shape index (κ2) is 5.78. The van der Waals surface area contributed by atoms with Gasteiger partial charge >= 0.3 is 0 Å². The summed E-state index contributed by atoms with van der Waals surface area (Å²) < 4.78 is 2.22. The van der Waals surface area contributed by atoms with Crippen LogP contribution in [0.3, 0.4) is 0 Å². The third kappa shape index (κ3) is 3.10. The van der Waals surface area contributed by atoms with Crippen LogP contribution in [0, 0.1) is 20.8 Å². The zero-order valence-electron chi connectivity index (χ0n) is 11.3. The van der Waals surface area contributed by atoms with E-state index >= 15 is 0 Å². The summed E-state index contributed by atoms with van der Waals surface area (Å²) in [6, 6.07) is 10.5. The third-order valence-electron chi connectivity index (χ3n) is 3.45. The van der Waals surface area contributed by atoms with Crippen LogP contribution in [0.5, 0.6) is 0 Å². The maximum Gasteiger partial charge on any atom is 0.0556 e. The number of aryl methyl sites for hydroxylation is 3. The van der Waals surface area contributed by atoms with Gasteiger partial charge in [-0.25, -0.2) is 0 Å². The molecule has 2 N–H and O–H groups in total. The quantitative estimate of drug-likeness (QED) is 0.760. The molecule has 1 nitrogen and oxygen atoms in total. The van der Waals surface area contributed by atoms with E-state index in [0.29, 0.717) is 0 Å². The largest absolute Gasteiger partial charge is 0.320 e. The minimum Gasteiger partial charge on any atom is -0.320 e. The normalized spacial score (nSPS) is 12.5. The van der Waals surface area contributed by atoms with Gasteiger partial charge in [-0.05, 0) is 66.8 Å². The standard InChI is InChI=1S/C16H17Br2N/c1-9-6-12(17)4-5-13(9)16(19)14-7-11(3)15(18)8-10(14)2/h4-8,16H,19H2,1-3H3. The maximum atomic E-state index is 6.46. The summed E-state index contributed by atoms with van der Waals surface area (Å²) in [7, 11) is 0. The Morgan fingerprint density at radius 2 is 1.47 bits per heavy atom. The lowest BCUT2D eigenvalue weighted by Gasteiger charge is -2.19. The number of halogens is 2. The molecular weight excluding hydrogens is 366 g/mol. The molecular formula is C16H17Br2N. The van der Waals surface area contributed by atoms with Gasteiger partial charge in [0.05, 0.1) is 6.04 Å². The lowest BCUT2D eigenvalue weighted by atomic mass is 9.92. The summed E-state index contributed by atoms with van der Waals surface area (Å²) in [5.41, 5.74) is 12.5. The van der Waals surface area contributed by atoms with E-state index in [-0.39, 0.29) is 6.04 Å². The molecule has 0 heterocycles. The van der Waals surface area contributed by atoms with Gasteiger partial charge in [-0.3, -0.25) is 0 Å². The predicted molar refractivity (Wildman–Crippen MR) is 88.5 cm³/mol. The van der Waals surface area contributed by atoms with Crippen molar-refractivity contribution in [2.45, 2.75) is 26.8 Å². The molecule has 3 heteroatoms. The van der Waals surface area contributed by atoms with Crippen molar-refractivity contribution in [2.24, 2.45) is 5.73 Å². The first kappa shape index (κ1) is 14.8. The van der Waals surface area contributed by atoms with Crippen LogP contribution < -0.4 is 5.73 Å². The third-order valence-corrected chi connectivity index (χ3v) is 4.80. The summed E-state index contributed by atoms with van der Waals surface area (Å²) >= 11 is 7.05. The molecule has 2 rings (SSSR count). The molecule has 0 aliphatic rings. The monoisotopic (exact) mass is 381 g/mol. The van der Waals surface area contributed by atoms with Crippen LogP contribution >= 0.6 is 31.9 Å². The lowest BCUT2D eigenvalue weighted by Crippen LogP contribution is -2.15. The van der Waals surface area contributed by atoms with E-state index in [2.05, 4.69) is 76.9 Å². The van der Waals surface area contributed by atoms with Crippen LogP contribution in [0.2, 0.25) is 0 Å². The molecule has 0 aromatic heterocycles. The molecule has 0 aliphatic heterocycles. The van der Waals surface area contributed by atoms with E-state index in [0.717, 1.165) is 8.95 Å². The summed E-state index contributed by atoms with van der Waals surface area (Å²) in [5.74, 6) is 0. The summed E-state index contributed by atoms with van der Waals surface area (Å²) in [5, 5.41) is 0. The minimum absolute atomic E-state index is 0.0834. The van der Waals surface area contributed by atoms with Gasteiger partial charge in [-0.2, -0.15) is 0 Å². The number of hydrogen-bond donors (Lipinski definition) is 1. The fourth-order valence-electron chi connectivity index (χ4n) is 2.29. The highest BCUT2D eigenvalue weighted by Crippen LogP contribution is 2.30. The molecule has 0 bridgehead atoms. The number of nitrogens with two attached hydrogens (primary N) is 1. The van der Waals surface area contributed by atoms with Crippen molar-refractivity contribution in [3.63, 3.8) is 0 Å². The highest BCUT2D eigenvalue weighted by molar-refractivity contribution is 9.10. The van der Waals surface area contributed by atoms with Gasteiger partial charge in [0, 0.05) is 8.95 Å². The first-order chi connectivity index (χ1) is 8.90. The molecule has 2 aromatic rings. The van der Waals surface area contributed by atoms with E-state index in [1.54, 1.807) is 0 Å². The van der Waals surface area contributed by atoms with E-state index < -0.39 is 0 Å². The smallest absolute Gasteiger partial charge is 0.0556 e. The van der Waals surface area contributed by atoms with E-state index in [9.17, 15) is 0 Å². The molecule has 1 unspecified atom stereocenters. The zero-order valence-corrected chi connectivity index (χ0v) is 14.5. The average molecular weight is 383 g/mol. The van der Waals surface area contributed by atoms with E-state index in [4.69, 9.17) is 5.73 Å². The molecule has 1 atom stereocenters. The Labute approximate surface area is 131 Å². The van der Waals surface area contributed by atoms with Crippen molar-refractivity contribution in [1.29, 1.82) is 0 Å². The average Bonchev–Trinajstić information content (AvgIpc) is 2.33. The van der Waals surface area contributed by atoms with Gasteiger partial charge in [0.2, 0.25) is 0 Å². The Balaban J connectivity index is 2.49. The topological polar surface area (TPSA) is 26.0 Å². The minimum atomic E-state index is -0.0834. The van der Waals surface area contributed by atoms with Gasteiger partial charge in [0.25, 0.3) is 0 Å². The van der Waals surface area contributed by atoms with Crippen molar-refractivity contribution in [1.82, 2.24) is 0 Å². The van der Waals surface area contributed by atoms with Gasteiger partial charge in [0.1, 0.15) is 0 Å². The molecule has 0 saturated carbocycles. The number of benzene rings is 2. The molecule has 0 spiro atoms. The molecule has 0 fully saturated rings. The van der Waals surface area contributed by atoms with Crippen LogP contribution in [0.15, 0.2) is 39.3 Å². The van der Waals surface area contributed by atoms with Crippen LogP contribution in [0.1, 0.15) is 33.9 Å². The molecule has 0 aliphatic carbocycles. The Hall–Kier alpha value is -0.640. The molecule has 100 valence electrons. The fourth-order valence-corrected chi connectivity index (χ4v) is 3.23. The van der Waals surface area contributed by atoms with Crippen molar-refractivity contribution < 1.29 is 0 Å². The summed E-state index contributed by atoms with van der Waals surface area (Å²) in [6.07, 6.45) is 0. The molecule has 19 heavy (non-hydrogen) atoms. The highest BCUT2D eigenvalue weighted by atomic mass is 79.9. The van der Waals surface area contributed by atoms with Crippen LogP contribution in [0.25, 0.3) is 0 Å². The van der Waals surface area contributed by atoms with E-state index in [1.807, 2.05) is 6.07 Å². The predicted octanol–water partition coefficient (Wildman–Crippen LogP) is 5.18. The van der Waals surface area contributed by atoms with Crippen molar-refractivity contribution >= 4 is 31.9 Å². The van der Waals surface area contributed by atoms with Crippen LogP contribution in [-0.2, 0) is 0 Å². The summed E-state index contributed by atoms with van der Waals surface area (Å²) in [4.78, 5) is 0.